The van der Waals surface area contributed by atoms with E-state index < -0.39 is 6.10 Å². The molecule has 0 aliphatic carbocycles. The number of benzene rings is 2. The zero-order valence-electron chi connectivity index (χ0n) is 14.0. The van der Waals surface area contributed by atoms with Crippen molar-refractivity contribution < 1.29 is 34.6 Å². The molecule has 0 radical (unpaired) electrons. The number of hydrogen-bond acceptors (Lipinski definition) is 7. The predicted octanol–water partition coefficient (Wildman–Crippen LogP) is 2.07. The summed E-state index contributed by atoms with van der Waals surface area (Å²) in [5.41, 5.74) is 1.40. The van der Waals surface area contributed by atoms with E-state index in [1.165, 1.54) is 18.2 Å². The van der Waals surface area contributed by atoms with Crippen molar-refractivity contribution in [2.75, 3.05) is 20.0 Å². The second-order valence-corrected chi connectivity index (χ2v) is 6.65. The Kier molecular flexibility index (Phi) is 4.26. The van der Waals surface area contributed by atoms with Crippen LogP contribution in [0.4, 0.5) is 0 Å². The average molecular weight is 360 g/mol. The van der Waals surface area contributed by atoms with Crippen LogP contribution in [0.5, 0.6) is 28.7 Å². The lowest BCUT2D eigenvalue weighted by atomic mass is 9.84. The van der Waals surface area contributed by atoms with Gasteiger partial charge in [0.05, 0.1) is 12.7 Å². The van der Waals surface area contributed by atoms with Crippen LogP contribution in [0.1, 0.15) is 17.2 Å². The first kappa shape index (κ1) is 16.8. The molecule has 2 aliphatic heterocycles. The molecule has 7 nitrogen and oxygen atoms in total. The Labute approximate surface area is 150 Å². The van der Waals surface area contributed by atoms with Crippen LogP contribution in [-0.2, 0) is 11.2 Å². The molecule has 4 N–H and O–H groups in total. The molecular weight excluding hydrogens is 340 g/mol. The molecule has 3 atom stereocenters. The Morgan fingerprint density at radius 3 is 2.42 bits per heavy atom. The molecule has 4 rings (SSSR count). The van der Waals surface area contributed by atoms with E-state index >= 15 is 0 Å². The fourth-order valence-corrected chi connectivity index (χ4v) is 3.67. The standard InChI is InChI=1S/C19H20O7/c20-7-13-11(3-10-1-2-14(21)16(23)4-10)8-24-19(13)12-5-17-18(6-15(12)22)26-9-25-17/h1-2,4-6,11,13,19-23H,3,7-9H2/t11-,13-,19?/m0/s1. The summed E-state index contributed by atoms with van der Waals surface area (Å²) in [6, 6.07) is 7.88. The van der Waals surface area contributed by atoms with Gasteiger partial charge < -0.3 is 34.6 Å². The number of aliphatic hydroxyl groups is 1. The highest BCUT2D eigenvalue weighted by molar-refractivity contribution is 5.52. The molecule has 2 aromatic rings. The highest BCUT2D eigenvalue weighted by Gasteiger charge is 2.39. The summed E-state index contributed by atoms with van der Waals surface area (Å²) in [6.45, 7) is 0.416. The van der Waals surface area contributed by atoms with Crippen LogP contribution in [0.25, 0.3) is 0 Å². The second-order valence-electron chi connectivity index (χ2n) is 6.65. The lowest BCUT2D eigenvalue weighted by Crippen LogP contribution is -2.21. The van der Waals surface area contributed by atoms with Crippen LogP contribution >= 0.6 is 0 Å². The molecular formula is C19H20O7. The Bertz CT molecular complexity index is 820. The fraction of sp³-hybridized carbons (Fsp3) is 0.368. The maximum absolute atomic E-state index is 10.3. The summed E-state index contributed by atoms with van der Waals surface area (Å²) in [7, 11) is 0. The minimum absolute atomic E-state index is 0.00114. The number of phenols is 3. The van der Waals surface area contributed by atoms with Crippen molar-refractivity contribution in [2.24, 2.45) is 11.8 Å². The monoisotopic (exact) mass is 360 g/mol. The first-order valence-corrected chi connectivity index (χ1v) is 8.42. The average Bonchev–Trinajstić information content (AvgIpc) is 3.23. The molecule has 1 unspecified atom stereocenters. The molecule has 0 spiro atoms. The van der Waals surface area contributed by atoms with Crippen molar-refractivity contribution in [1.82, 2.24) is 0 Å². The quantitative estimate of drug-likeness (QED) is 0.618. The minimum Gasteiger partial charge on any atom is -0.507 e. The van der Waals surface area contributed by atoms with E-state index in [2.05, 4.69) is 0 Å². The zero-order chi connectivity index (χ0) is 18.3. The summed E-state index contributed by atoms with van der Waals surface area (Å²) < 4.78 is 16.5. The summed E-state index contributed by atoms with van der Waals surface area (Å²) in [4.78, 5) is 0. The Morgan fingerprint density at radius 2 is 1.69 bits per heavy atom. The van der Waals surface area contributed by atoms with Gasteiger partial charge in [-0.2, -0.15) is 0 Å². The van der Waals surface area contributed by atoms with Gasteiger partial charge in [0.1, 0.15) is 5.75 Å². The van der Waals surface area contributed by atoms with Crippen LogP contribution in [0.3, 0.4) is 0 Å². The number of hydrogen-bond donors (Lipinski definition) is 4. The van der Waals surface area contributed by atoms with E-state index in [9.17, 15) is 20.4 Å². The van der Waals surface area contributed by atoms with Gasteiger partial charge in [0.15, 0.2) is 23.0 Å². The van der Waals surface area contributed by atoms with Gasteiger partial charge in [-0.05, 0) is 36.1 Å². The molecule has 0 amide bonds. The van der Waals surface area contributed by atoms with Crippen LogP contribution < -0.4 is 9.47 Å². The number of rotatable bonds is 4. The maximum atomic E-state index is 10.3. The van der Waals surface area contributed by atoms with Gasteiger partial charge in [-0.15, -0.1) is 0 Å². The molecule has 26 heavy (non-hydrogen) atoms. The van der Waals surface area contributed by atoms with Crippen molar-refractivity contribution in [3.05, 3.63) is 41.5 Å². The highest BCUT2D eigenvalue weighted by atomic mass is 16.7. The lowest BCUT2D eigenvalue weighted by Gasteiger charge is -2.22. The normalized spacial score (nSPS) is 24.1. The molecule has 2 aromatic carbocycles. The van der Waals surface area contributed by atoms with Gasteiger partial charge in [-0.25, -0.2) is 0 Å². The first-order chi connectivity index (χ1) is 12.6. The Hall–Kier alpha value is -2.64. The van der Waals surface area contributed by atoms with E-state index in [-0.39, 0.29) is 42.5 Å². The highest BCUT2D eigenvalue weighted by Crippen LogP contribution is 2.47. The van der Waals surface area contributed by atoms with E-state index in [1.807, 2.05) is 0 Å². The molecule has 0 aromatic heterocycles. The summed E-state index contributed by atoms with van der Waals surface area (Å²) in [6.07, 6.45) is 0.103. The van der Waals surface area contributed by atoms with Gasteiger partial charge in [-0.1, -0.05) is 6.07 Å². The van der Waals surface area contributed by atoms with E-state index in [0.717, 1.165) is 5.56 Å². The van der Waals surface area contributed by atoms with Crippen molar-refractivity contribution in [3.63, 3.8) is 0 Å². The van der Waals surface area contributed by atoms with Gasteiger partial charge in [0.25, 0.3) is 0 Å². The third-order valence-corrected chi connectivity index (χ3v) is 5.06. The summed E-state index contributed by atoms with van der Waals surface area (Å²) in [5.74, 6) is 0.507. The zero-order valence-corrected chi connectivity index (χ0v) is 14.0. The smallest absolute Gasteiger partial charge is 0.231 e. The van der Waals surface area contributed by atoms with Gasteiger partial charge in [-0.3, -0.25) is 0 Å². The van der Waals surface area contributed by atoms with Gasteiger partial charge >= 0.3 is 0 Å². The topological polar surface area (TPSA) is 109 Å². The first-order valence-electron chi connectivity index (χ1n) is 8.42. The van der Waals surface area contributed by atoms with Crippen molar-refractivity contribution in [3.8, 4) is 28.7 Å². The number of fused-ring (bicyclic) bond motifs is 1. The number of phenolic OH excluding ortho intramolecular Hbond substituents is 3. The number of aliphatic hydroxyl groups excluding tert-OH is 1. The Balaban J connectivity index is 1.57. The van der Waals surface area contributed by atoms with Crippen molar-refractivity contribution in [1.29, 1.82) is 0 Å². The molecule has 0 bridgehead atoms. The predicted molar refractivity (Wildman–Crippen MR) is 90.5 cm³/mol. The van der Waals surface area contributed by atoms with Crippen LogP contribution in [-0.4, -0.2) is 40.4 Å². The molecule has 2 heterocycles. The van der Waals surface area contributed by atoms with E-state index in [4.69, 9.17) is 14.2 Å². The molecule has 138 valence electrons. The van der Waals surface area contributed by atoms with Gasteiger partial charge in [0, 0.05) is 24.2 Å². The van der Waals surface area contributed by atoms with Gasteiger partial charge in [0.2, 0.25) is 6.79 Å². The SMILES string of the molecule is OC[C@@H]1C(c2cc3c(cc2O)OCO3)OC[C@@H]1Cc1ccc(O)c(O)c1. The summed E-state index contributed by atoms with van der Waals surface area (Å²) >= 11 is 0. The molecule has 1 fully saturated rings. The number of ether oxygens (including phenoxy) is 3. The third-order valence-electron chi connectivity index (χ3n) is 5.06. The van der Waals surface area contributed by atoms with E-state index in [1.54, 1.807) is 12.1 Å². The fourth-order valence-electron chi connectivity index (χ4n) is 3.67. The van der Waals surface area contributed by atoms with Crippen molar-refractivity contribution >= 4 is 0 Å². The Morgan fingerprint density at radius 1 is 0.923 bits per heavy atom. The molecule has 7 heteroatoms. The second kappa shape index (κ2) is 6.59. The molecule has 0 saturated carbocycles. The molecule has 1 saturated heterocycles. The van der Waals surface area contributed by atoms with Crippen LogP contribution in [0.15, 0.2) is 30.3 Å². The van der Waals surface area contributed by atoms with Crippen LogP contribution in [0.2, 0.25) is 0 Å². The molecule has 2 aliphatic rings. The largest absolute Gasteiger partial charge is 0.507 e. The number of aromatic hydroxyl groups is 3. The van der Waals surface area contributed by atoms with Crippen molar-refractivity contribution in [2.45, 2.75) is 12.5 Å². The minimum atomic E-state index is -0.467. The maximum Gasteiger partial charge on any atom is 0.231 e. The summed E-state index contributed by atoms with van der Waals surface area (Å²) in [5, 5.41) is 39.4. The van der Waals surface area contributed by atoms with Crippen LogP contribution in [0, 0.1) is 11.8 Å². The lowest BCUT2D eigenvalue weighted by molar-refractivity contribution is 0.0699. The van der Waals surface area contributed by atoms with E-state index in [0.29, 0.717) is 30.1 Å². The third kappa shape index (κ3) is 2.89.